The monoisotopic (exact) mass is 362 g/mol. The topological polar surface area (TPSA) is 52.3 Å². The molecule has 2 N–H and O–H groups in total. The zero-order chi connectivity index (χ0) is 9.14. The Balaban J connectivity index is 2.32. The molecule has 4 heteroatoms. The standard InChI is InChI=1S/C8H12NO2.Pb/c1-6-2-3-7(4-6)11-8(10)5-9;/h5,7H,1-4,9H2;. The van der Waals surface area contributed by atoms with Gasteiger partial charge in [0.2, 0.25) is 0 Å². The van der Waals surface area contributed by atoms with Crippen molar-refractivity contribution in [3.63, 3.8) is 0 Å². The zero-order valence-corrected chi connectivity index (χ0v) is 10.8. The van der Waals surface area contributed by atoms with Gasteiger partial charge < -0.3 is 0 Å². The first-order valence-corrected chi connectivity index (χ1v) is 6.18. The third-order valence-electron chi connectivity index (χ3n) is 1.87. The summed E-state index contributed by atoms with van der Waals surface area (Å²) in [6, 6.07) is 0. The van der Waals surface area contributed by atoms with Crippen molar-refractivity contribution in [3.05, 3.63) is 12.2 Å². The summed E-state index contributed by atoms with van der Waals surface area (Å²) in [5, 5.41) is 0. The van der Waals surface area contributed by atoms with Crippen LogP contribution in [0, 0.1) is 0 Å². The van der Waals surface area contributed by atoms with Crippen molar-refractivity contribution in [2.45, 2.75) is 29.0 Å². The maximum atomic E-state index is 11.1. The van der Waals surface area contributed by atoms with Crippen LogP contribution in [0.25, 0.3) is 0 Å². The van der Waals surface area contributed by atoms with Crippen molar-refractivity contribution < 1.29 is 9.53 Å². The Labute approximate surface area is 88.0 Å². The quantitative estimate of drug-likeness (QED) is 0.431. The molecule has 0 spiro atoms. The van der Waals surface area contributed by atoms with Crippen LogP contribution in [0.2, 0.25) is 0 Å². The molecule has 0 bridgehead atoms. The van der Waals surface area contributed by atoms with Gasteiger partial charge in [-0.3, -0.25) is 0 Å². The second-order valence-corrected chi connectivity index (χ2v) is 5.45. The van der Waals surface area contributed by atoms with Crippen LogP contribution in [-0.2, 0) is 9.53 Å². The normalized spacial score (nSPS) is 25.5. The second kappa shape index (κ2) is 4.36. The van der Waals surface area contributed by atoms with E-state index in [0.717, 1.165) is 19.3 Å². The summed E-state index contributed by atoms with van der Waals surface area (Å²) in [7, 11) is 0. The third-order valence-corrected chi connectivity index (χ3v) is 2.79. The van der Waals surface area contributed by atoms with Crippen LogP contribution in [0.4, 0.5) is 0 Å². The van der Waals surface area contributed by atoms with Gasteiger partial charge in [-0.25, -0.2) is 0 Å². The van der Waals surface area contributed by atoms with Crippen LogP contribution in [0.1, 0.15) is 19.3 Å². The minimum absolute atomic E-state index is 0.0463. The number of carbonyl (C=O) groups excluding carboxylic acids is 1. The average molecular weight is 361 g/mol. The Morgan fingerprint density at radius 1 is 1.83 bits per heavy atom. The number of esters is 1. The van der Waals surface area contributed by atoms with Crippen LogP contribution in [0.15, 0.2) is 12.2 Å². The zero-order valence-electron chi connectivity index (χ0n) is 6.88. The second-order valence-electron chi connectivity index (χ2n) is 3.03. The molecule has 12 heavy (non-hydrogen) atoms. The molecule has 1 rings (SSSR count). The molecule has 0 aromatic carbocycles. The number of ether oxygens (including phenoxy) is 1. The average Bonchev–Trinajstić information content (AvgIpc) is 2.35. The Morgan fingerprint density at radius 2 is 2.50 bits per heavy atom. The molecule has 0 heterocycles. The van der Waals surface area contributed by atoms with Gasteiger partial charge in [0.05, 0.1) is 0 Å². The van der Waals surface area contributed by atoms with Gasteiger partial charge in [-0.2, -0.15) is 0 Å². The summed E-state index contributed by atoms with van der Waals surface area (Å²) in [4.78, 5) is 11.1. The van der Waals surface area contributed by atoms with Crippen LogP contribution < -0.4 is 5.73 Å². The molecule has 0 amide bonds. The van der Waals surface area contributed by atoms with E-state index in [1.165, 1.54) is 5.57 Å². The van der Waals surface area contributed by atoms with Crippen molar-refractivity contribution >= 4 is 31.7 Å². The first-order valence-electron chi connectivity index (χ1n) is 3.93. The maximum absolute atomic E-state index is 11.1. The van der Waals surface area contributed by atoms with Gasteiger partial charge in [-0.15, -0.1) is 0 Å². The summed E-state index contributed by atoms with van der Waals surface area (Å²) in [5.74, 6) is -0.249. The molecule has 65 valence electrons. The van der Waals surface area contributed by atoms with Gasteiger partial charge in [0.15, 0.2) is 0 Å². The first-order chi connectivity index (χ1) is 5.59. The van der Waals surface area contributed by atoms with Crippen LogP contribution in [-0.4, -0.2) is 41.4 Å². The molecule has 3 nitrogen and oxygen atoms in total. The Hall–Kier alpha value is 0.0921. The molecular weight excluding hydrogens is 349 g/mol. The summed E-state index contributed by atoms with van der Waals surface area (Å²) >= 11 is 0.659. The number of carbonyl (C=O) groups is 1. The van der Waals surface area contributed by atoms with E-state index in [-0.39, 0.29) is 15.7 Å². The van der Waals surface area contributed by atoms with Crippen molar-refractivity contribution in [1.82, 2.24) is 0 Å². The van der Waals surface area contributed by atoms with Gasteiger partial charge in [-0.1, -0.05) is 0 Å². The molecule has 0 aliphatic heterocycles. The molecule has 0 saturated heterocycles. The summed E-state index contributed by atoms with van der Waals surface area (Å²) in [5.41, 5.74) is 6.59. The van der Waals surface area contributed by atoms with E-state index >= 15 is 0 Å². The number of hydrogen-bond donors (Lipinski definition) is 1. The fourth-order valence-electron chi connectivity index (χ4n) is 1.23. The van der Waals surface area contributed by atoms with E-state index in [1.807, 2.05) is 0 Å². The molecule has 1 fully saturated rings. The summed E-state index contributed by atoms with van der Waals surface area (Å²) < 4.78 is 4.78. The fraction of sp³-hybridized carbons (Fsp3) is 0.625. The van der Waals surface area contributed by atoms with Gasteiger partial charge in [0, 0.05) is 0 Å². The Morgan fingerprint density at radius 3 is 2.92 bits per heavy atom. The molecule has 1 aliphatic rings. The Kier molecular flexibility index (Phi) is 3.70. The van der Waals surface area contributed by atoms with Crippen molar-refractivity contribution in [3.8, 4) is 0 Å². The molecule has 3 radical (unpaired) electrons. The van der Waals surface area contributed by atoms with E-state index < -0.39 is 0 Å². The van der Waals surface area contributed by atoms with Gasteiger partial charge >= 0.3 is 88.1 Å². The van der Waals surface area contributed by atoms with Crippen LogP contribution in [0.3, 0.4) is 0 Å². The number of nitrogens with two attached hydrogens (primary N) is 1. The van der Waals surface area contributed by atoms with Gasteiger partial charge in [-0.05, 0) is 0 Å². The minimum atomic E-state index is -0.376. The van der Waals surface area contributed by atoms with E-state index in [2.05, 4.69) is 6.58 Å². The van der Waals surface area contributed by atoms with Crippen LogP contribution in [0.5, 0.6) is 0 Å². The predicted octanol–water partition coefficient (Wildman–Crippen LogP) is 0.0916. The SMILES string of the molecule is C=C1CCC(OC(=O)[CH](N)[Pb])C1. The van der Waals surface area contributed by atoms with E-state index in [4.69, 9.17) is 10.5 Å². The number of rotatable bonds is 2. The molecule has 2 atom stereocenters. The molecule has 1 saturated carbocycles. The van der Waals surface area contributed by atoms with E-state index in [0.29, 0.717) is 25.8 Å². The third kappa shape index (κ3) is 2.86. The molecule has 2 unspecified atom stereocenters. The van der Waals surface area contributed by atoms with Crippen molar-refractivity contribution in [1.29, 1.82) is 0 Å². The van der Waals surface area contributed by atoms with Crippen molar-refractivity contribution in [2.75, 3.05) is 0 Å². The van der Waals surface area contributed by atoms with Crippen LogP contribution >= 0.6 is 0 Å². The summed E-state index contributed by atoms with van der Waals surface area (Å²) in [6.07, 6.45) is 2.76. The predicted molar refractivity (Wildman–Crippen MR) is 46.6 cm³/mol. The van der Waals surface area contributed by atoms with E-state index in [9.17, 15) is 4.79 Å². The summed E-state index contributed by atoms with van der Waals surface area (Å²) in [6.45, 7) is 3.84. The molecular formula is C8H12NO2Pb. The van der Waals surface area contributed by atoms with Gasteiger partial charge in [0.1, 0.15) is 0 Å². The van der Waals surface area contributed by atoms with E-state index in [1.54, 1.807) is 0 Å². The first kappa shape index (κ1) is 10.2. The molecule has 0 aromatic heterocycles. The number of hydrogen-bond acceptors (Lipinski definition) is 3. The van der Waals surface area contributed by atoms with Crippen molar-refractivity contribution in [2.24, 2.45) is 5.73 Å². The fourth-order valence-corrected chi connectivity index (χ4v) is 1.49. The molecule has 0 aromatic rings. The molecule has 1 aliphatic carbocycles. The Bertz CT molecular complexity index is 203. The van der Waals surface area contributed by atoms with Gasteiger partial charge in [0.25, 0.3) is 0 Å².